The van der Waals surface area contributed by atoms with Crippen molar-refractivity contribution in [2.45, 2.75) is 4.90 Å². The Balaban J connectivity index is 2.96. The Kier molecular flexibility index (Phi) is 2.57. The molecule has 0 aromatic heterocycles. The first-order valence-electron chi connectivity index (χ1n) is 4.57. The highest BCUT2D eigenvalue weighted by Gasteiger charge is 2.16. The number of benzene rings is 2. The minimum absolute atomic E-state index is 0.137. The average Bonchev–Trinajstić information content (AvgIpc) is 2.26. The number of methoxy groups -OCH3 is 1. The van der Waals surface area contributed by atoms with Gasteiger partial charge in [-0.2, -0.15) is 8.42 Å². The topological polar surface area (TPSA) is 63.6 Å². The van der Waals surface area contributed by atoms with Crippen LogP contribution < -0.4 is 4.74 Å². The van der Waals surface area contributed by atoms with Gasteiger partial charge in [0.25, 0.3) is 10.1 Å². The van der Waals surface area contributed by atoms with Gasteiger partial charge < -0.3 is 4.74 Å². The molecule has 0 atom stereocenters. The van der Waals surface area contributed by atoms with Crippen LogP contribution in [0, 0.1) is 0 Å². The maximum Gasteiger partial charge on any atom is 0.295 e. The van der Waals surface area contributed by atoms with Crippen molar-refractivity contribution in [2.24, 2.45) is 0 Å². The van der Waals surface area contributed by atoms with Gasteiger partial charge in [0.15, 0.2) is 0 Å². The Bertz CT molecular complexity index is 626. The summed E-state index contributed by atoms with van der Waals surface area (Å²) >= 11 is 0. The summed E-state index contributed by atoms with van der Waals surface area (Å²) in [5, 5.41) is 1.10. The molecule has 0 unspecified atom stereocenters. The molecule has 1 N–H and O–H groups in total. The van der Waals surface area contributed by atoms with E-state index >= 15 is 0 Å². The van der Waals surface area contributed by atoms with Crippen LogP contribution in [0.1, 0.15) is 0 Å². The van der Waals surface area contributed by atoms with E-state index in [1.807, 2.05) is 0 Å². The Morgan fingerprint density at radius 3 is 2.31 bits per heavy atom. The summed E-state index contributed by atoms with van der Waals surface area (Å²) in [5.41, 5.74) is 0. The number of hydrogen-bond acceptors (Lipinski definition) is 3. The van der Waals surface area contributed by atoms with Gasteiger partial charge in [-0.3, -0.25) is 4.55 Å². The van der Waals surface area contributed by atoms with Crippen LogP contribution in [0.5, 0.6) is 5.75 Å². The van der Waals surface area contributed by atoms with Gasteiger partial charge in [0.2, 0.25) is 0 Å². The van der Waals surface area contributed by atoms with Crippen molar-refractivity contribution in [3.05, 3.63) is 36.4 Å². The SMILES string of the molecule is COc1cccc2cccc(S(=O)(=O)O)c12. The minimum Gasteiger partial charge on any atom is -0.496 e. The van der Waals surface area contributed by atoms with Crippen molar-refractivity contribution in [1.82, 2.24) is 0 Å². The summed E-state index contributed by atoms with van der Waals surface area (Å²) in [4.78, 5) is -0.137. The predicted molar refractivity (Wildman–Crippen MR) is 60.3 cm³/mol. The largest absolute Gasteiger partial charge is 0.496 e. The third-order valence-corrected chi connectivity index (χ3v) is 3.22. The van der Waals surface area contributed by atoms with E-state index in [1.165, 1.54) is 13.2 Å². The maximum atomic E-state index is 11.2. The fourth-order valence-electron chi connectivity index (χ4n) is 1.66. The molecule has 5 heteroatoms. The summed E-state index contributed by atoms with van der Waals surface area (Å²) in [6, 6.07) is 9.84. The lowest BCUT2D eigenvalue weighted by atomic mass is 10.1. The second-order valence-electron chi connectivity index (χ2n) is 3.29. The number of fused-ring (bicyclic) bond motifs is 1. The van der Waals surface area contributed by atoms with E-state index in [1.54, 1.807) is 30.3 Å². The zero-order valence-electron chi connectivity index (χ0n) is 8.54. The third kappa shape index (κ3) is 1.75. The van der Waals surface area contributed by atoms with E-state index in [-0.39, 0.29) is 4.90 Å². The Hall–Kier alpha value is -1.59. The van der Waals surface area contributed by atoms with Crippen LogP contribution in [0.3, 0.4) is 0 Å². The monoisotopic (exact) mass is 238 g/mol. The summed E-state index contributed by atoms with van der Waals surface area (Å²) in [7, 11) is -2.79. The van der Waals surface area contributed by atoms with Crippen molar-refractivity contribution in [2.75, 3.05) is 7.11 Å². The smallest absolute Gasteiger partial charge is 0.295 e. The van der Waals surface area contributed by atoms with Crippen LogP contribution in [-0.4, -0.2) is 20.1 Å². The van der Waals surface area contributed by atoms with Gasteiger partial charge in [-0.15, -0.1) is 0 Å². The van der Waals surface area contributed by atoms with Crippen LogP contribution in [0.15, 0.2) is 41.3 Å². The first kappa shape index (κ1) is 10.9. The van der Waals surface area contributed by atoms with Crippen molar-refractivity contribution in [1.29, 1.82) is 0 Å². The number of hydrogen-bond donors (Lipinski definition) is 1. The van der Waals surface area contributed by atoms with Gasteiger partial charge >= 0.3 is 0 Å². The molecule has 0 amide bonds. The van der Waals surface area contributed by atoms with Crippen LogP contribution in [0.4, 0.5) is 0 Å². The van der Waals surface area contributed by atoms with Gasteiger partial charge in [0.05, 0.1) is 7.11 Å². The van der Waals surface area contributed by atoms with E-state index in [0.29, 0.717) is 16.5 Å². The fraction of sp³-hybridized carbons (Fsp3) is 0.0909. The molecule has 2 rings (SSSR count). The van der Waals surface area contributed by atoms with Crippen molar-refractivity contribution in [3.8, 4) is 5.75 Å². The first-order chi connectivity index (χ1) is 7.54. The van der Waals surface area contributed by atoms with E-state index in [0.717, 1.165) is 0 Å². The van der Waals surface area contributed by atoms with Gasteiger partial charge in [0, 0.05) is 5.39 Å². The summed E-state index contributed by atoms with van der Waals surface area (Å²) in [5.74, 6) is 0.422. The molecular weight excluding hydrogens is 228 g/mol. The molecule has 0 heterocycles. The molecule has 0 aliphatic carbocycles. The average molecular weight is 238 g/mol. The van der Waals surface area contributed by atoms with E-state index in [4.69, 9.17) is 9.29 Å². The standard InChI is InChI=1S/C11H10O4S/c1-15-9-6-2-4-8-5-3-7-10(11(8)9)16(12,13)14/h2-7H,1H3,(H,12,13,14). The molecule has 0 fully saturated rings. The number of ether oxygens (including phenoxy) is 1. The van der Waals surface area contributed by atoms with Crippen LogP contribution in [0.25, 0.3) is 10.8 Å². The molecule has 0 spiro atoms. The van der Waals surface area contributed by atoms with Crippen LogP contribution in [-0.2, 0) is 10.1 Å². The van der Waals surface area contributed by atoms with Crippen molar-refractivity contribution < 1.29 is 17.7 Å². The van der Waals surface area contributed by atoms with Crippen molar-refractivity contribution in [3.63, 3.8) is 0 Å². The second-order valence-corrected chi connectivity index (χ2v) is 4.68. The maximum absolute atomic E-state index is 11.2. The zero-order chi connectivity index (χ0) is 11.8. The summed E-state index contributed by atoms with van der Waals surface area (Å²) in [6.07, 6.45) is 0. The molecule has 84 valence electrons. The lowest BCUT2D eigenvalue weighted by molar-refractivity contribution is 0.418. The Morgan fingerprint density at radius 1 is 1.12 bits per heavy atom. The van der Waals surface area contributed by atoms with E-state index in [9.17, 15) is 8.42 Å². The molecule has 0 aliphatic rings. The molecule has 16 heavy (non-hydrogen) atoms. The van der Waals surface area contributed by atoms with Crippen LogP contribution in [0.2, 0.25) is 0 Å². The van der Waals surface area contributed by atoms with Crippen molar-refractivity contribution >= 4 is 20.9 Å². The zero-order valence-corrected chi connectivity index (χ0v) is 9.36. The first-order valence-corrected chi connectivity index (χ1v) is 6.01. The highest BCUT2D eigenvalue weighted by atomic mass is 32.2. The highest BCUT2D eigenvalue weighted by Crippen LogP contribution is 2.31. The highest BCUT2D eigenvalue weighted by molar-refractivity contribution is 7.86. The molecule has 0 saturated heterocycles. The molecule has 2 aromatic carbocycles. The molecule has 0 radical (unpaired) electrons. The molecule has 4 nitrogen and oxygen atoms in total. The summed E-state index contributed by atoms with van der Waals surface area (Å²) in [6.45, 7) is 0. The normalized spacial score (nSPS) is 11.6. The van der Waals surface area contributed by atoms with E-state index < -0.39 is 10.1 Å². The Morgan fingerprint density at radius 2 is 1.75 bits per heavy atom. The number of rotatable bonds is 2. The summed E-state index contributed by atoms with van der Waals surface area (Å²) < 4.78 is 36.6. The third-order valence-electron chi connectivity index (χ3n) is 2.33. The lowest BCUT2D eigenvalue weighted by Crippen LogP contribution is -2.00. The molecule has 2 aromatic rings. The predicted octanol–water partition coefficient (Wildman–Crippen LogP) is 2.10. The quantitative estimate of drug-likeness (QED) is 0.814. The second kappa shape index (κ2) is 3.77. The van der Waals surface area contributed by atoms with Crippen LogP contribution >= 0.6 is 0 Å². The van der Waals surface area contributed by atoms with Gasteiger partial charge in [-0.1, -0.05) is 24.3 Å². The van der Waals surface area contributed by atoms with Gasteiger partial charge in [0.1, 0.15) is 10.6 Å². The lowest BCUT2D eigenvalue weighted by Gasteiger charge is -2.08. The minimum atomic E-state index is -4.24. The fourth-order valence-corrected chi connectivity index (χ4v) is 2.39. The molecule has 0 saturated carbocycles. The van der Waals surface area contributed by atoms with Gasteiger partial charge in [-0.25, -0.2) is 0 Å². The van der Waals surface area contributed by atoms with Gasteiger partial charge in [-0.05, 0) is 17.5 Å². The molecular formula is C11H10O4S. The Labute approximate surface area is 93.2 Å². The molecule has 0 aliphatic heterocycles. The molecule has 0 bridgehead atoms. The van der Waals surface area contributed by atoms with E-state index in [2.05, 4.69) is 0 Å².